The predicted octanol–water partition coefficient (Wildman–Crippen LogP) is 3.02. The maximum absolute atomic E-state index is 5.98. The first-order valence-corrected chi connectivity index (χ1v) is 6.20. The second kappa shape index (κ2) is 7.29. The first-order chi connectivity index (χ1) is 7.80. The van der Waals surface area contributed by atoms with Crippen molar-refractivity contribution in [3.8, 4) is 5.75 Å². The average Bonchev–Trinajstić information content (AvgIpc) is 2.30. The Hall–Kier alpha value is -1.02. The van der Waals surface area contributed by atoms with Crippen LogP contribution in [0.3, 0.4) is 0 Å². The van der Waals surface area contributed by atoms with Gasteiger partial charge in [-0.05, 0) is 37.6 Å². The van der Waals surface area contributed by atoms with E-state index in [-0.39, 0.29) is 6.10 Å². The van der Waals surface area contributed by atoms with Crippen molar-refractivity contribution >= 4 is 0 Å². The fourth-order valence-electron chi connectivity index (χ4n) is 1.78. The molecule has 1 N–H and O–H groups in total. The second-order valence-corrected chi connectivity index (χ2v) is 4.09. The molecule has 16 heavy (non-hydrogen) atoms. The Morgan fingerprint density at radius 1 is 1.31 bits per heavy atom. The summed E-state index contributed by atoms with van der Waals surface area (Å²) in [6.45, 7) is 5.26. The molecule has 1 aromatic rings. The van der Waals surface area contributed by atoms with Crippen molar-refractivity contribution in [3.05, 3.63) is 29.8 Å². The SMILES string of the molecule is CCCC(CNC)Oc1cccc(CC)c1. The van der Waals surface area contributed by atoms with Gasteiger partial charge in [0, 0.05) is 6.54 Å². The molecule has 0 radical (unpaired) electrons. The summed E-state index contributed by atoms with van der Waals surface area (Å²) in [6.07, 6.45) is 3.58. The molecule has 0 aliphatic carbocycles. The van der Waals surface area contributed by atoms with E-state index in [4.69, 9.17) is 4.74 Å². The van der Waals surface area contributed by atoms with Crippen molar-refractivity contribution in [2.75, 3.05) is 13.6 Å². The summed E-state index contributed by atoms with van der Waals surface area (Å²) in [4.78, 5) is 0. The number of hydrogen-bond donors (Lipinski definition) is 1. The van der Waals surface area contributed by atoms with Crippen LogP contribution in [0.25, 0.3) is 0 Å². The molecule has 1 aromatic carbocycles. The Kier molecular flexibility index (Phi) is 5.94. The van der Waals surface area contributed by atoms with Crippen molar-refractivity contribution in [3.63, 3.8) is 0 Å². The molecule has 1 atom stereocenters. The van der Waals surface area contributed by atoms with Gasteiger partial charge in [0.25, 0.3) is 0 Å². The molecule has 0 fully saturated rings. The Morgan fingerprint density at radius 2 is 2.12 bits per heavy atom. The zero-order chi connectivity index (χ0) is 11.8. The van der Waals surface area contributed by atoms with Crippen LogP contribution in [0, 0.1) is 0 Å². The second-order valence-electron chi connectivity index (χ2n) is 4.09. The molecule has 1 rings (SSSR count). The van der Waals surface area contributed by atoms with Gasteiger partial charge < -0.3 is 10.1 Å². The lowest BCUT2D eigenvalue weighted by atomic mass is 10.1. The number of nitrogens with one attached hydrogen (secondary N) is 1. The molecule has 0 spiro atoms. The summed E-state index contributed by atoms with van der Waals surface area (Å²) in [6, 6.07) is 8.38. The van der Waals surface area contributed by atoms with Crippen molar-refractivity contribution in [1.82, 2.24) is 5.32 Å². The van der Waals surface area contributed by atoms with E-state index in [1.807, 2.05) is 13.1 Å². The topological polar surface area (TPSA) is 21.3 Å². The molecule has 90 valence electrons. The molecule has 2 heteroatoms. The molecule has 0 heterocycles. The molecule has 0 aliphatic heterocycles. The lowest BCUT2D eigenvalue weighted by Gasteiger charge is -2.18. The van der Waals surface area contributed by atoms with Gasteiger partial charge in [-0.3, -0.25) is 0 Å². The van der Waals surface area contributed by atoms with Crippen molar-refractivity contribution in [2.24, 2.45) is 0 Å². The minimum absolute atomic E-state index is 0.280. The number of hydrogen-bond acceptors (Lipinski definition) is 2. The highest BCUT2D eigenvalue weighted by atomic mass is 16.5. The summed E-state index contributed by atoms with van der Waals surface area (Å²) >= 11 is 0. The quantitative estimate of drug-likeness (QED) is 0.764. The van der Waals surface area contributed by atoms with Gasteiger partial charge in [-0.15, -0.1) is 0 Å². The van der Waals surface area contributed by atoms with Crippen LogP contribution >= 0.6 is 0 Å². The summed E-state index contributed by atoms with van der Waals surface area (Å²) < 4.78 is 5.98. The fraction of sp³-hybridized carbons (Fsp3) is 0.571. The van der Waals surface area contributed by atoms with Gasteiger partial charge in [0.15, 0.2) is 0 Å². The van der Waals surface area contributed by atoms with Crippen molar-refractivity contribution in [2.45, 2.75) is 39.2 Å². The Labute approximate surface area is 99.0 Å². The molecular formula is C14H23NO. The van der Waals surface area contributed by atoms with Gasteiger partial charge in [-0.1, -0.05) is 32.4 Å². The molecule has 0 aliphatic rings. The van der Waals surface area contributed by atoms with Crippen LogP contribution in [0.2, 0.25) is 0 Å². The van der Waals surface area contributed by atoms with E-state index in [2.05, 4.69) is 37.4 Å². The van der Waals surface area contributed by atoms with Gasteiger partial charge >= 0.3 is 0 Å². The molecule has 2 nitrogen and oxygen atoms in total. The standard InChI is InChI=1S/C14H23NO/c1-4-7-14(11-15-3)16-13-9-6-8-12(5-2)10-13/h6,8-10,14-15H,4-5,7,11H2,1-3H3. The highest BCUT2D eigenvalue weighted by Gasteiger charge is 2.08. The molecule has 0 saturated heterocycles. The van der Waals surface area contributed by atoms with Crippen LogP contribution < -0.4 is 10.1 Å². The zero-order valence-corrected chi connectivity index (χ0v) is 10.6. The third-order valence-electron chi connectivity index (χ3n) is 2.65. The summed E-state index contributed by atoms with van der Waals surface area (Å²) in [7, 11) is 1.97. The lowest BCUT2D eigenvalue weighted by molar-refractivity contribution is 0.189. The Bertz CT molecular complexity index is 293. The number of likely N-dealkylation sites (N-methyl/N-ethyl adjacent to an activating group) is 1. The van der Waals surface area contributed by atoms with Crippen LogP contribution in [0.15, 0.2) is 24.3 Å². The van der Waals surface area contributed by atoms with Gasteiger partial charge in [0.05, 0.1) is 0 Å². The molecule has 0 aromatic heterocycles. The molecule has 1 unspecified atom stereocenters. The Balaban J connectivity index is 2.60. The first-order valence-electron chi connectivity index (χ1n) is 6.20. The van der Waals surface area contributed by atoms with E-state index in [0.29, 0.717) is 0 Å². The first kappa shape index (κ1) is 13.0. The average molecular weight is 221 g/mol. The van der Waals surface area contributed by atoms with Crippen LogP contribution in [-0.2, 0) is 6.42 Å². The van der Waals surface area contributed by atoms with Crippen LogP contribution in [0.1, 0.15) is 32.3 Å². The number of ether oxygens (including phenoxy) is 1. The van der Waals surface area contributed by atoms with Crippen molar-refractivity contribution in [1.29, 1.82) is 0 Å². The van der Waals surface area contributed by atoms with E-state index >= 15 is 0 Å². The maximum Gasteiger partial charge on any atom is 0.120 e. The fourth-order valence-corrected chi connectivity index (χ4v) is 1.78. The van der Waals surface area contributed by atoms with Gasteiger partial charge in [0.1, 0.15) is 11.9 Å². The summed E-state index contributed by atoms with van der Waals surface area (Å²) in [5.41, 5.74) is 1.33. The minimum Gasteiger partial charge on any atom is -0.489 e. The third-order valence-corrected chi connectivity index (χ3v) is 2.65. The van der Waals surface area contributed by atoms with E-state index in [1.165, 1.54) is 5.56 Å². The van der Waals surface area contributed by atoms with Gasteiger partial charge in [0.2, 0.25) is 0 Å². The number of aryl methyl sites for hydroxylation is 1. The van der Waals surface area contributed by atoms with Crippen LogP contribution in [0.5, 0.6) is 5.75 Å². The molecule has 0 saturated carbocycles. The van der Waals surface area contributed by atoms with E-state index in [0.717, 1.165) is 31.6 Å². The zero-order valence-electron chi connectivity index (χ0n) is 10.6. The maximum atomic E-state index is 5.98. The van der Waals surface area contributed by atoms with Crippen LogP contribution in [0.4, 0.5) is 0 Å². The minimum atomic E-state index is 0.280. The molecule has 0 bridgehead atoms. The van der Waals surface area contributed by atoms with Crippen molar-refractivity contribution < 1.29 is 4.74 Å². The smallest absolute Gasteiger partial charge is 0.120 e. The predicted molar refractivity (Wildman–Crippen MR) is 69.1 cm³/mol. The van der Waals surface area contributed by atoms with E-state index in [9.17, 15) is 0 Å². The molecular weight excluding hydrogens is 198 g/mol. The number of rotatable bonds is 7. The Morgan fingerprint density at radius 3 is 2.75 bits per heavy atom. The van der Waals surface area contributed by atoms with E-state index in [1.54, 1.807) is 0 Å². The lowest BCUT2D eigenvalue weighted by Crippen LogP contribution is -2.29. The largest absolute Gasteiger partial charge is 0.489 e. The molecule has 0 amide bonds. The van der Waals surface area contributed by atoms with Gasteiger partial charge in [-0.25, -0.2) is 0 Å². The van der Waals surface area contributed by atoms with Crippen LogP contribution in [-0.4, -0.2) is 19.7 Å². The monoisotopic (exact) mass is 221 g/mol. The van der Waals surface area contributed by atoms with E-state index < -0.39 is 0 Å². The summed E-state index contributed by atoms with van der Waals surface area (Å²) in [5.74, 6) is 0.994. The summed E-state index contributed by atoms with van der Waals surface area (Å²) in [5, 5.41) is 3.18. The third kappa shape index (κ3) is 4.23. The highest BCUT2D eigenvalue weighted by Crippen LogP contribution is 2.16. The van der Waals surface area contributed by atoms with Gasteiger partial charge in [-0.2, -0.15) is 0 Å². The normalized spacial score (nSPS) is 12.4. The number of benzene rings is 1. The highest BCUT2D eigenvalue weighted by molar-refractivity contribution is 5.28.